The third-order valence-electron chi connectivity index (χ3n) is 4.83. The van der Waals surface area contributed by atoms with Crippen LogP contribution in [0, 0.1) is 6.92 Å². The second kappa shape index (κ2) is 8.83. The van der Waals surface area contributed by atoms with Crippen molar-refractivity contribution < 1.29 is 9.53 Å². The van der Waals surface area contributed by atoms with Crippen molar-refractivity contribution in [2.24, 2.45) is 10.7 Å². The van der Waals surface area contributed by atoms with Crippen molar-refractivity contribution in [2.45, 2.75) is 20.0 Å². The third kappa shape index (κ3) is 4.73. The molecule has 160 valence electrons. The van der Waals surface area contributed by atoms with Gasteiger partial charge in [-0.1, -0.05) is 11.6 Å². The Kier molecular flexibility index (Phi) is 5.97. The van der Waals surface area contributed by atoms with Crippen molar-refractivity contribution in [2.75, 3.05) is 19.7 Å². The number of benzene rings is 1. The molecular weight excluding hydrogens is 418 g/mol. The van der Waals surface area contributed by atoms with Crippen LogP contribution in [0.5, 0.6) is 0 Å². The van der Waals surface area contributed by atoms with E-state index < -0.39 is 0 Å². The number of rotatable bonds is 4. The quantitative estimate of drug-likeness (QED) is 0.494. The minimum absolute atomic E-state index is 0.118. The molecule has 4 rings (SSSR count). The molecule has 9 nitrogen and oxygen atoms in total. The zero-order valence-electron chi connectivity index (χ0n) is 17.2. The number of fused-ring (bicyclic) bond motifs is 1. The number of morpholine rings is 1. The second-order valence-corrected chi connectivity index (χ2v) is 7.67. The average Bonchev–Trinajstić information content (AvgIpc) is 3.22. The van der Waals surface area contributed by atoms with E-state index in [4.69, 9.17) is 22.1 Å². The van der Waals surface area contributed by atoms with Crippen LogP contribution in [-0.4, -0.2) is 55.8 Å². The molecule has 1 fully saturated rings. The van der Waals surface area contributed by atoms with Gasteiger partial charge in [0.25, 0.3) is 11.7 Å². The first-order valence-electron chi connectivity index (χ1n) is 9.77. The molecule has 0 aliphatic carbocycles. The Balaban J connectivity index is 1.51. The average molecular weight is 440 g/mol. The van der Waals surface area contributed by atoms with Crippen LogP contribution in [0.3, 0.4) is 0 Å². The lowest BCUT2D eigenvalue weighted by molar-refractivity contribution is -0.135. The van der Waals surface area contributed by atoms with Gasteiger partial charge in [0.2, 0.25) is 0 Å². The van der Waals surface area contributed by atoms with E-state index >= 15 is 0 Å². The first-order valence-corrected chi connectivity index (χ1v) is 10.1. The number of aryl methyl sites for hydroxylation is 1. The number of carbonyl (C=O) groups excluding carboxylic acids is 1. The van der Waals surface area contributed by atoms with Crippen LogP contribution >= 0.6 is 11.6 Å². The Morgan fingerprint density at radius 1 is 1.35 bits per heavy atom. The Hall–Kier alpha value is -3.30. The maximum atomic E-state index is 12.9. The fourth-order valence-corrected chi connectivity index (χ4v) is 3.55. The number of amides is 1. The Morgan fingerprint density at radius 2 is 2.13 bits per heavy atom. The van der Waals surface area contributed by atoms with Crippen LogP contribution in [0.15, 0.2) is 53.4 Å². The van der Waals surface area contributed by atoms with Gasteiger partial charge in [-0.25, -0.2) is 4.98 Å². The van der Waals surface area contributed by atoms with Crippen molar-refractivity contribution in [1.82, 2.24) is 24.5 Å². The lowest BCUT2D eigenvalue weighted by Crippen LogP contribution is -2.44. The standard InChI is InChI=1S/C21H22ClN7O2/c1-13(26-16-5-3-15(22)4-6-16)9-17(23)20(30)28-7-8-31-19(11-28)18-10-14(2)27-21-24-12-25-29(18)21/h3-6,9-10,12,19H,7-8,11,23H2,1-2H3. The number of carbonyl (C=O) groups is 1. The van der Waals surface area contributed by atoms with E-state index in [0.29, 0.717) is 36.2 Å². The maximum Gasteiger partial charge on any atom is 0.269 e. The minimum atomic E-state index is -0.361. The summed E-state index contributed by atoms with van der Waals surface area (Å²) in [5.74, 6) is 0.232. The van der Waals surface area contributed by atoms with Gasteiger partial charge in [-0.3, -0.25) is 9.79 Å². The van der Waals surface area contributed by atoms with Crippen molar-refractivity contribution in [3.05, 3.63) is 64.8 Å². The number of hydrogen-bond donors (Lipinski definition) is 1. The smallest absolute Gasteiger partial charge is 0.269 e. The molecule has 0 saturated carbocycles. The molecular formula is C21H22ClN7O2. The number of halogens is 1. The molecule has 1 aliphatic heterocycles. The number of aliphatic imine (C=N–C) groups is 1. The summed E-state index contributed by atoms with van der Waals surface area (Å²) < 4.78 is 7.55. The van der Waals surface area contributed by atoms with Gasteiger partial charge in [0, 0.05) is 23.0 Å². The third-order valence-corrected chi connectivity index (χ3v) is 5.09. The second-order valence-electron chi connectivity index (χ2n) is 7.23. The number of aromatic nitrogens is 4. The van der Waals surface area contributed by atoms with Crippen LogP contribution < -0.4 is 5.73 Å². The van der Waals surface area contributed by atoms with Gasteiger partial charge in [0.15, 0.2) is 0 Å². The highest BCUT2D eigenvalue weighted by atomic mass is 35.5. The molecule has 0 bridgehead atoms. The van der Waals surface area contributed by atoms with E-state index in [1.54, 1.807) is 46.7 Å². The molecule has 0 radical (unpaired) electrons. The van der Waals surface area contributed by atoms with Crippen molar-refractivity contribution >= 4 is 34.7 Å². The molecule has 1 aliphatic rings. The minimum Gasteiger partial charge on any atom is -0.394 e. The van der Waals surface area contributed by atoms with Crippen molar-refractivity contribution in [3.63, 3.8) is 0 Å². The maximum absolute atomic E-state index is 12.9. The Bertz CT molecular complexity index is 1170. The van der Waals surface area contributed by atoms with Crippen LogP contribution in [0.1, 0.15) is 24.4 Å². The lowest BCUT2D eigenvalue weighted by Gasteiger charge is -2.33. The summed E-state index contributed by atoms with van der Waals surface area (Å²) >= 11 is 5.90. The summed E-state index contributed by atoms with van der Waals surface area (Å²) in [6, 6.07) is 9.00. The fraction of sp³-hybridized carbons (Fsp3) is 0.286. The molecule has 1 atom stereocenters. The topological polar surface area (TPSA) is 111 Å². The number of nitrogens with zero attached hydrogens (tertiary/aromatic N) is 6. The molecule has 1 amide bonds. The van der Waals surface area contributed by atoms with Crippen LogP contribution in [0.2, 0.25) is 5.02 Å². The van der Waals surface area contributed by atoms with Crippen molar-refractivity contribution in [3.8, 4) is 0 Å². The Morgan fingerprint density at radius 3 is 2.90 bits per heavy atom. The fourth-order valence-electron chi connectivity index (χ4n) is 3.42. The van der Waals surface area contributed by atoms with E-state index in [0.717, 1.165) is 17.1 Å². The van der Waals surface area contributed by atoms with E-state index in [-0.39, 0.29) is 17.7 Å². The monoisotopic (exact) mass is 439 g/mol. The lowest BCUT2D eigenvalue weighted by atomic mass is 10.1. The van der Waals surface area contributed by atoms with Gasteiger partial charge in [-0.15, -0.1) is 0 Å². The van der Waals surface area contributed by atoms with E-state index in [2.05, 4.69) is 20.1 Å². The molecule has 2 aromatic heterocycles. The van der Waals surface area contributed by atoms with Crippen LogP contribution in [0.25, 0.3) is 5.78 Å². The van der Waals surface area contributed by atoms with Gasteiger partial charge in [0.1, 0.15) is 12.4 Å². The molecule has 2 N–H and O–H groups in total. The summed E-state index contributed by atoms with van der Waals surface area (Å²) in [7, 11) is 0. The molecule has 31 heavy (non-hydrogen) atoms. The molecule has 3 aromatic rings. The molecule has 1 saturated heterocycles. The molecule has 1 unspecified atom stereocenters. The molecule has 10 heteroatoms. The largest absolute Gasteiger partial charge is 0.394 e. The van der Waals surface area contributed by atoms with Gasteiger partial charge in [-0.2, -0.15) is 14.6 Å². The summed E-state index contributed by atoms with van der Waals surface area (Å²) in [6.45, 7) is 4.85. The van der Waals surface area contributed by atoms with Gasteiger partial charge in [0.05, 0.1) is 30.2 Å². The van der Waals surface area contributed by atoms with Crippen molar-refractivity contribution in [1.29, 1.82) is 0 Å². The van der Waals surface area contributed by atoms with Crippen LogP contribution in [-0.2, 0) is 9.53 Å². The Labute approximate surface area is 184 Å². The van der Waals surface area contributed by atoms with E-state index in [9.17, 15) is 4.79 Å². The highest BCUT2D eigenvalue weighted by Crippen LogP contribution is 2.23. The predicted molar refractivity (Wildman–Crippen MR) is 117 cm³/mol. The highest BCUT2D eigenvalue weighted by Gasteiger charge is 2.28. The van der Waals surface area contributed by atoms with E-state index in [1.807, 2.05) is 13.0 Å². The van der Waals surface area contributed by atoms with Gasteiger partial charge >= 0.3 is 0 Å². The van der Waals surface area contributed by atoms with E-state index in [1.165, 1.54) is 6.33 Å². The zero-order valence-corrected chi connectivity index (χ0v) is 18.0. The normalized spacial score (nSPS) is 17.9. The summed E-state index contributed by atoms with van der Waals surface area (Å²) in [5, 5.41) is 4.86. The summed E-state index contributed by atoms with van der Waals surface area (Å²) in [6.07, 6.45) is 2.66. The zero-order chi connectivity index (χ0) is 22.0. The SMILES string of the molecule is CC(C=C(N)C(=O)N1CCOC(c2cc(C)nc3ncnn23)C1)=Nc1ccc(Cl)cc1. The summed E-state index contributed by atoms with van der Waals surface area (Å²) in [4.78, 5) is 27.6. The highest BCUT2D eigenvalue weighted by molar-refractivity contribution is 6.30. The molecule has 1 aromatic carbocycles. The first-order chi connectivity index (χ1) is 14.9. The number of hydrogen-bond acceptors (Lipinski definition) is 7. The summed E-state index contributed by atoms with van der Waals surface area (Å²) in [5.41, 5.74) is 9.16. The van der Waals surface area contributed by atoms with Crippen LogP contribution in [0.4, 0.5) is 5.69 Å². The molecule has 3 heterocycles. The first kappa shape index (κ1) is 21.0. The van der Waals surface area contributed by atoms with Gasteiger partial charge < -0.3 is 15.4 Å². The molecule has 0 spiro atoms. The predicted octanol–water partition coefficient (Wildman–Crippen LogP) is 2.62. The number of allylic oxidation sites excluding steroid dienone is 1. The number of ether oxygens (including phenoxy) is 1. The van der Waals surface area contributed by atoms with Gasteiger partial charge in [-0.05, 0) is 50.3 Å². The number of nitrogens with two attached hydrogens (primary N) is 1.